The van der Waals surface area contributed by atoms with Gasteiger partial charge in [-0.3, -0.25) is 4.57 Å². The SMILES string of the molecule is Nc1nc2c(C3CCNCC3)cccc2n1-c1cccc2c1NCCC2. The van der Waals surface area contributed by atoms with Gasteiger partial charge in [-0.15, -0.1) is 0 Å². The second-order valence-electron chi connectivity index (χ2n) is 7.39. The highest BCUT2D eigenvalue weighted by Gasteiger charge is 2.22. The maximum Gasteiger partial charge on any atom is 0.206 e. The van der Waals surface area contributed by atoms with Crippen molar-refractivity contribution in [3.05, 3.63) is 47.5 Å². The molecule has 134 valence electrons. The van der Waals surface area contributed by atoms with E-state index in [0.29, 0.717) is 11.9 Å². The van der Waals surface area contributed by atoms with Gasteiger partial charge in [-0.25, -0.2) is 4.98 Å². The van der Waals surface area contributed by atoms with Crippen LogP contribution >= 0.6 is 0 Å². The van der Waals surface area contributed by atoms with E-state index in [-0.39, 0.29) is 0 Å². The molecular weight excluding hydrogens is 322 g/mol. The molecule has 0 bridgehead atoms. The summed E-state index contributed by atoms with van der Waals surface area (Å²) in [5, 5.41) is 7.03. The lowest BCUT2D eigenvalue weighted by Crippen LogP contribution is -2.26. The number of hydrogen-bond donors (Lipinski definition) is 3. The molecule has 0 aliphatic carbocycles. The predicted molar refractivity (Wildman–Crippen MR) is 107 cm³/mol. The van der Waals surface area contributed by atoms with Crippen LogP contribution in [-0.2, 0) is 6.42 Å². The summed E-state index contributed by atoms with van der Waals surface area (Å²) in [5.74, 6) is 1.13. The molecule has 0 atom stereocenters. The number of aromatic nitrogens is 2. The number of anilines is 2. The van der Waals surface area contributed by atoms with Crippen molar-refractivity contribution in [3.8, 4) is 5.69 Å². The Labute approximate surface area is 153 Å². The van der Waals surface area contributed by atoms with Gasteiger partial charge in [-0.05, 0) is 68.0 Å². The van der Waals surface area contributed by atoms with E-state index in [4.69, 9.17) is 10.7 Å². The Morgan fingerprint density at radius 1 is 1.04 bits per heavy atom. The average molecular weight is 347 g/mol. The molecule has 3 aromatic rings. The molecule has 0 unspecified atom stereocenters. The zero-order valence-corrected chi connectivity index (χ0v) is 15.0. The van der Waals surface area contributed by atoms with Gasteiger partial charge in [-0.2, -0.15) is 0 Å². The lowest BCUT2D eigenvalue weighted by Gasteiger charge is -2.23. The highest BCUT2D eigenvalue weighted by Crippen LogP contribution is 2.36. The smallest absolute Gasteiger partial charge is 0.206 e. The molecular formula is C21H25N5. The molecule has 0 amide bonds. The van der Waals surface area contributed by atoms with Crippen LogP contribution < -0.4 is 16.4 Å². The fraction of sp³-hybridized carbons (Fsp3) is 0.381. The molecule has 2 aliphatic rings. The Morgan fingerprint density at radius 3 is 2.77 bits per heavy atom. The number of imidazole rings is 1. The van der Waals surface area contributed by atoms with Crippen LogP contribution in [0.2, 0.25) is 0 Å². The van der Waals surface area contributed by atoms with Crippen LogP contribution in [0.15, 0.2) is 36.4 Å². The van der Waals surface area contributed by atoms with E-state index in [9.17, 15) is 0 Å². The number of hydrogen-bond acceptors (Lipinski definition) is 4. The Balaban J connectivity index is 1.69. The van der Waals surface area contributed by atoms with Gasteiger partial charge >= 0.3 is 0 Å². The third-order valence-electron chi connectivity index (χ3n) is 5.82. The van der Waals surface area contributed by atoms with Gasteiger partial charge in [0.2, 0.25) is 5.95 Å². The minimum absolute atomic E-state index is 0.561. The fourth-order valence-corrected chi connectivity index (χ4v) is 4.53. The lowest BCUT2D eigenvalue weighted by atomic mass is 9.89. The molecule has 5 heteroatoms. The number of aryl methyl sites for hydroxylation is 1. The second-order valence-corrected chi connectivity index (χ2v) is 7.39. The van der Waals surface area contributed by atoms with Gasteiger partial charge < -0.3 is 16.4 Å². The quantitative estimate of drug-likeness (QED) is 0.664. The second kappa shape index (κ2) is 6.32. The number of para-hydroxylation sites is 2. The zero-order chi connectivity index (χ0) is 17.5. The third kappa shape index (κ3) is 2.46. The summed E-state index contributed by atoms with van der Waals surface area (Å²) in [5.41, 5.74) is 13.6. The summed E-state index contributed by atoms with van der Waals surface area (Å²) in [6.45, 7) is 3.16. The molecule has 2 aromatic carbocycles. The summed E-state index contributed by atoms with van der Waals surface area (Å²) in [7, 11) is 0. The van der Waals surface area contributed by atoms with Crippen LogP contribution in [0.3, 0.4) is 0 Å². The number of rotatable bonds is 2. The molecule has 1 aromatic heterocycles. The number of nitrogens with two attached hydrogens (primary N) is 1. The largest absolute Gasteiger partial charge is 0.383 e. The van der Waals surface area contributed by atoms with E-state index in [1.54, 1.807) is 0 Å². The fourth-order valence-electron chi connectivity index (χ4n) is 4.53. The summed E-state index contributed by atoms with van der Waals surface area (Å²) in [6.07, 6.45) is 4.61. The maximum atomic E-state index is 6.43. The van der Waals surface area contributed by atoms with Crippen LogP contribution in [0, 0.1) is 0 Å². The summed E-state index contributed by atoms with van der Waals surface area (Å²) < 4.78 is 2.12. The van der Waals surface area contributed by atoms with Gasteiger partial charge in [0.1, 0.15) is 0 Å². The first-order valence-electron chi connectivity index (χ1n) is 9.66. The zero-order valence-electron chi connectivity index (χ0n) is 15.0. The van der Waals surface area contributed by atoms with Gasteiger partial charge in [0.25, 0.3) is 0 Å². The minimum atomic E-state index is 0.561. The predicted octanol–water partition coefficient (Wildman–Crippen LogP) is 3.43. The summed E-state index contributed by atoms with van der Waals surface area (Å²) >= 11 is 0. The van der Waals surface area contributed by atoms with Crippen LogP contribution in [0.1, 0.15) is 36.3 Å². The van der Waals surface area contributed by atoms with Gasteiger partial charge in [0.15, 0.2) is 0 Å². The standard InChI is InChI=1S/C21H25N5/c22-21-25-20-16(14-9-12-23-13-10-14)6-2-8-18(20)26(21)17-7-1-4-15-5-3-11-24-19(15)17/h1-2,4,6-8,14,23-24H,3,5,9-13H2,(H2,22,25). The molecule has 4 N–H and O–H groups in total. The minimum Gasteiger partial charge on any atom is -0.383 e. The molecule has 3 heterocycles. The van der Waals surface area contributed by atoms with E-state index >= 15 is 0 Å². The highest BCUT2D eigenvalue weighted by molar-refractivity contribution is 5.86. The van der Waals surface area contributed by atoms with Crippen molar-refractivity contribution in [2.24, 2.45) is 0 Å². The van der Waals surface area contributed by atoms with Crippen molar-refractivity contribution >= 4 is 22.7 Å². The molecule has 26 heavy (non-hydrogen) atoms. The number of benzene rings is 2. The molecule has 0 spiro atoms. The third-order valence-corrected chi connectivity index (χ3v) is 5.82. The lowest BCUT2D eigenvalue weighted by molar-refractivity contribution is 0.462. The van der Waals surface area contributed by atoms with Crippen LogP contribution in [0.25, 0.3) is 16.7 Å². The van der Waals surface area contributed by atoms with Gasteiger partial charge in [-0.1, -0.05) is 24.3 Å². The van der Waals surface area contributed by atoms with Crippen LogP contribution in [0.4, 0.5) is 11.6 Å². The van der Waals surface area contributed by atoms with E-state index < -0.39 is 0 Å². The van der Waals surface area contributed by atoms with Gasteiger partial charge in [0.05, 0.1) is 22.4 Å². The molecule has 1 fully saturated rings. The first-order valence-corrected chi connectivity index (χ1v) is 9.66. The van der Waals surface area contributed by atoms with Crippen molar-refractivity contribution in [2.45, 2.75) is 31.6 Å². The molecule has 0 radical (unpaired) electrons. The molecule has 5 nitrogen and oxygen atoms in total. The van der Waals surface area contributed by atoms with Crippen molar-refractivity contribution < 1.29 is 0 Å². The maximum absolute atomic E-state index is 6.43. The average Bonchev–Trinajstić information content (AvgIpc) is 3.04. The first kappa shape index (κ1) is 15.7. The van der Waals surface area contributed by atoms with E-state index in [2.05, 4.69) is 51.6 Å². The van der Waals surface area contributed by atoms with E-state index in [0.717, 1.165) is 55.6 Å². The first-order chi connectivity index (χ1) is 12.8. The van der Waals surface area contributed by atoms with E-state index in [1.165, 1.54) is 23.2 Å². The Hall–Kier alpha value is -2.53. The van der Waals surface area contributed by atoms with Crippen molar-refractivity contribution in [1.82, 2.24) is 14.9 Å². The Morgan fingerprint density at radius 2 is 1.88 bits per heavy atom. The highest BCUT2D eigenvalue weighted by atomic mass is 15.2. The monoisotopic (exact) mass is 347 g/mol. The summed E-state index contributed by atoms with van der Waals surface area (Å²) in [4.78, 5) is 4.81. The van der Waals surface area contributed by atoms with Crippen LogP contribution in [0.5, 0.6) is 0 Å². The van der Waals surface area contributed by atoms with E-state index in [1.807, 2.05) is 0 Å². The molecule has 5 rings (SSSR count). The topological polar surface area (TPSA) is 67.9 Å². The molecule has 2 aliphatic heterocycles. The summed E-state index contributed by atoms with van der Waals surface area (Å²) in [6, 6.07) is 13.0. The Kier molecular flexibility index (Phi) is 3.82. The van der Waals surface area contributed by atoms with Crippen LogP contribution in [-0.4, -0.2) is 29.2 Å². The Bertz CT molecular complexity index is 952. The molecule has 0 saturated carbocycles. The van der Waals surface area contributed by atoms with Gasteiger partial charge in [0, 0.05) is 6.54 Å². The number of nitrogens with one attached hydrogen (secondary N) is 2. The van der Waals surface area contributed by atoms with Crippen molar-refractivity contribution in [3.63, 3.8) is 0 Å². The number of nitrogens with zero attached hydrogens (tertiary/aromatic N) is 2. The van der Waals surface area contributed by atoms with Crippen molar-refractivity contribution in [2.75, 3.05) is 30.7 Å². The number of nitrogen functional groups attached to an aromatic ring is 1. The number of fused-ring (bicyclic) bond motifs is 2. The number of piperidine rings is 1. The molecule has 1 saturated heterocycles. The van der Waals surface area contributed by atoms with Crippen molar-refractivity contribution in [1.29, 1.82) is 0 Å². The normalized spacial score (nSPS) is 17.8.